The van der Waals surface area contributed by atoms with E-state index in [9.17, 15) is 4.39 Å². The second kappa shape index (κ2) is 7.26. The fraction of sp³-hybridized carbons (Fsp3) is 0.143. The van der Waals surface area contributed by atoms with Gasteiger partial charge in [0, 0.05) is 18.9 Å². The lowest BCUT2D eigenvalue weighted by Gasteiger charge is -2.10. The Morgan fingerprint density at radius 2 is 2.14 bits per heavy atom. The molecule has 0 aliphatic carbocycles. The van der Waals surface area contributed by atoms with Gasteiger partial charge < -0.3 is 10.6 Å². The third-order valence-corrected chi connectivity index (χ3v) is 2.87. The van der Waals surface area contributed by atoms with Crippen molar-refractivity contribution in [3.8, 4) is 6.07 Å². The molecule has 1 aromatic carbocycles. The average Bonchev–Trinajstić information content (AvgIpc) is 2.48. The summed E-state index contributed by atoms with van der Waals surface area (Å²) in [4.78, 5) is 7.87. The van der Waals surface area contributed by atoms with Gasteiger partial charge in [-0.3, -0.25) is 0 Å². The van der Waals surface area contributed by atoms with Crippen LogP contribution in [0.25, 0.3) is 0 Å². The smallest absolute Gasteiger partial charge is 0.183 e. The largest absolute Gasteiger partial charge is 0.362 e. The maximum atomic E-state index is 13.0. The van der Waals surface area contributed by atoms with E-state index in [1.165, 1.54) is 24.5 Å². The van der Waals surface area contributed by atoms with Crippen LogP contribution in [0.2, 0.25) is 0 Å². The maximum Gasteiger partial charge on any atom is 0.183 e. The zero-order valence-corrected chi connectivity index (χ0v) is 11.8. The molecule has 106 valence electrons. The highest BCUT2D eigenvalue weighted by Gasteiger charge is 2.05. The van der Waals surface area contributed by atoms with E-state index in [0.29, 0.717) is 23.9 Å². The zero-order valence-electron chi connectivity index (χ0n) is 11.0. The normalized spacial score (nSPS) is 9.71. The number of benzene rings is 1. The summed E-state index contributed by atoms with van der Waals surface area (Å²) in [6, 6.07) is 8.32. The van der Waals surface area contributed by atoms with Gasteiger partial charge in [-0.15, -0.1) is 0 Å². The summed E-state index contributed by atoms with van der Waals surface area (Å²) in [5, 5.41) is 15.0. The second-order valence-electron chi connectivity index (χ2n) is 4.13. The Balaban J connectivity index is 1.84. The number of nitrogens with one attached hydrogen (secondary N) is 2. The predicted octanol–water partition coefficient (Wildman–Crippen LogP) is 2.02. The van der Waals surface area contributed by atoms with Crippen LogP contribution >= 0.6 is 12.2 Å². The summed E-state index contributed by atoms with van der Waals surface area (Å²) >= 11 is 5.11. The van der Waals surface area contributed by atoms with Gasteiger partial charge in [0.15, 0.2) is 16.6 Å². The quantitative estimate of drug-likeness (QED) is 0.842. The predicted molar refractivity (Wildman–Crippen MR) is 81.1 cm³/mol. The van der Waals surface area contributed by atoms with E-state index in [2.05, 4.69) is 20.6 Å². The van der Waals surface area contributed by atoms with Crippen LogP contribution in [-0.4, -0.2) is 21.6 Å². The molecule has 7 heteroatoms. The lowest BCUT2D eigenvalue weighted by atomic mass is 10.1. The lowest BCUT2D eigenvalue weighted by Crippen LogP contribution is -2.30. The van der Waals surface area contributed by atoms with Gasteiger partial charge in [0.1, 0.15) is 11.9 Å². The third kappa shape index (κ3) is 4.47. The average molecular weight is 301 g/mol. The summed E-state index contributed by atoms with van der Waals surface area (Å²) in [6.07, 6.45) is 3.54. The summed E-state index contributed by atoms with van der Waals surface area (Å²) in [6.45, 7) is 0.539. The summed E-state index contributed by atoms with van der Waals surface area (Å²) in [5.74, 6) is 0.0506. The monoisotopic (exact) mass is 301 g/mol. The molecule has 0 aliphatic heterocycles. The van der Waals surface area contributed by atoms with Crippen LogP contribution in [0, 0.1) is 17.1 Å². The number of nitriles is 1. The first-order chi connectivity index (χ1) is 10.2. The Hall–Kier alpha value is -2.59. The number of hydrogen-bond acceptors (Lipinski definition) is 4. The van der Waals surface area contributed by atoms with Crippen LogP contribution in [0.4, 0.5) is 10.2 Å². The van der Waals surface area contributed by atoms with E-state index < -0.39 is 0 Å². The first kappa shape index (κ1) is 14.8. The van der Waals surface area contributed by atoms with E-state index in [1.807, 2.05) is 12.1 Å². The minimum Gasteiger partial charge on any atom is -0.362 e. The van der Waals surface area contributed by atoms with Gasteiger partial charge in [-0.2, -0.15) is 5.26 Å². The molecule has 0 fully saturated rings. The number of aromatic nitrogens is 2. The number of rotatable bonds is 4. The molecule has 5 nitrogen and oxygen atoms in total. The van der Waals surface area contributed by atoms with Crippen molar-refractivity contribution in [2.75, 3.05) is 11.9 Å². The molecule has 0 bridgehead atoms. The molecule has 0 atom stereocenters. The van der Waals surface area contributed by atoms with Gasteiger partial charge in [-0.05, 0) is 36.3 Å². The van der Waals surface area contributed by atoms with Crippen LogP contribution in [0.1, 0.15) is 11.3 Å². The topological polar surface area (TPSA) is 73.6 Å². The highest BCUT2D eigenvalue weighted by Crippen LogP contribution is 2.06. The van der Waals surface area contributed by atoms with Gasteiger partial charge >= 0.3 is 0 Å². The van der Waals surface area contributed by atoms with Crippen LogP contribution in [0.5, 0.6) is 0 Å². The number of nitrogens with zero attached hydrogens (tertiary/aromatic N) is 3. The third-order valence-electron chi connectivity index (χ3n) is 2.62. The van der Waals surface area contributed by atoms with Crippen molar-refractivity contribution in [3.63, 3.8) is 0 Å². The van der Waals surface area contributed by atoms with Crippen molar-refractivity contribution in [1.29, 1.82) is 5.26 Å². The first-order valence-corrected chi connectivity index (χ1v) is 6.60. The number of halogens is 1. The first-order valence-electron chi connectivity index (χ1n) is 6.19. The van der Waals surface area contributed by atoms with Crippen molar-refractivity contribution in [3.05, 3.63) is 53.7 Å². The molecule has 1 heterocycles. The van der Waals surface area contributed by atoms with Crippen molar-refractivity contribution >= 4 is 23.1 Å². The molecule has 0 saturated heterocycles. The Bertz CT molecular complexity index is 683. The van der Waals surface area contributed by atoms with Crippen molar-refractivity contribution in [2.24, 2.45) is 0 Å². The fourth-order valence-corrected chi connectivity index (χ4v) is 1.87. The molecule has 2 N–H and O–H groups in total. The second-order valence-corrected chi connectivity index (χ2v) is 4.53. The molecular weight excluding hydrogens is 289 g/mol. The van der Waals surface area contributed by atoms with E-state index in [4.69, 9.17) is 17.5 Å². The van der Waals surface area contributed by atoms with E-state index in [1.54, 1.807) is 6.07 Å². The molecule has 0 aliphatic rings. The molecule has 1 aromatic heterocycles. The van der Waals surface area contributed by atoms with Crippen LogP contribution < -0.4 is 10.6 Å². The minimum absolute atomic E-state index is 0.173. The van der Waals surface area contributed by atoms with Crippen LogP contribution in [0.3, 0.4) is 0 Å². The molecule has 0 radical (unpaired) electrons. The van der Waals surface area contributed by atoms with Gasteiger partial charge in [0.2, 0.25) is 0 Å². The van der Waals surface area contributed by atoms with Crippen LogP contribution in [0.15, 0.2) is 36.7 Å². The number of anilines is 1. The molecule has 0 unspecified atom stereocenters. The zero-order chi connectivity index (χ0) is 15.1. The Morgan fingerprint density at radius 3 is 2.90 bits per heavy atom. The SMILES string of the molecule is N#Cc1nccnc1NC(=S)NCCc1cccc(F)c1. The number of thiocarbonyl (C=S) groups is 1. The maximum absolute atomic E-state index is 13.0. The Morgan fingerprint density at radius 1 is 1.33 bits per heavy atom. The van der Waals surface area contributed by atoms with E-state index >= 15 is 0 Å². The molecule has 2 aromatic rings. The van der Waals surface area contributed by atoms with E-state index in [-0.39, 0.29) is 11.5 Å². The summed E-state index contributed by atoms with van der Waals surface area (Å²) in [7, 11) is 0. The Kier molecular flexibility index (Phi) is 5.12. The lowest BCUT2D eigenvalue weighted by molar-refractivity contribution is 0.625. The van der Waals surface area contributed by atoms with Gasteiger partial charge in [0.25, 0.3) is 0 Å². The van der Waals surface area contributed by atoms with Crippen molar-refractivity contribution in [1.82, 2.24) is 15.3 Å². The summed E-state index contributed by atoms with van der Waals surface area (Å²) in [5.41, 5.74) is 1.05. The molecular formula is C14H12FN5S. The standard InChI is InChI=1S/C14H12FN5S/c15-11-3-1-2-10(8-11)4-5-19-14(21)20-13-12(9-16)17-6-7-18-13/h1-3,6-8H,4-5H2,(H2,18,19,20,21). The molecule has 0 spiro atoms. The van der Waals surface area contributed by atoms with Gasteiger partial charge in [-0.25, -0.2) is 14.4 Å². The Labute approximate surface area is 126 Å². The molecule has 2 rings (SSSR count). The van der Waals surface area contributed by atoms with Crippen molar-refractivity contribution < 1.29 is 4.39 Å². The minimum atomic E-state index is -0.258. The molecule has 0 saturated carbocycles. The highest BCUT2D eigenvalue weighted by atomic mass is 32.1. The summed E-state index contributed by atoms with van der Waals surface area (Å²) < 4.78 is 13.0. The molecule has 0 amide bonds. The van der Waals surface area contributed by atoms with Crippen LogP contribution in [-0.2, 0) is 6.42 Å². The molecule has 21 heavy (non-hydrogen) atoms. The van der Waals surface area contributed by atoms with Gasteiger partial charge in [0.05, 0.1) is 0 Å². The fourth-order valence-electron chi connectivity index (χ4n) is 1.68. The number of hydrogen-bond donors (Lipinski definition) is 2. The van der Waals surface area contributed by atoms with Gasteiger partial charge in [-0.1, -0.05) is 12.1 Å². The highest BCUT2D eigenvalue weighted by molar-refractivity contribution is 7.80. The van der Waals surface area contributed by atoms with E-state index in [0.717, 1.165) is 5.56 Å². The van der Waals surface area contributed by atoms with Crippen molar-refractivity contribution in [2.45, 2.75) is 6.42 Å².